The lowest BCUT2D eigenvalue weighted by Crippen LogP contribution is -2.50. The summed E-state index contributed by atoms with van der Waals surface area (Å²) < 4.78 is 82.1. The quantitative estimate of drug-likeness (QED) is 0.389. The van der Waals surface area contributed by atoms with Gasteiger partial charge >= 0.3 is 6.18 Å². The van der Waals surface area contributed by atoms with Crippen LogP contribution < -0.4 is 10.6 Å². The number of carbonyl (C=O) groups is 3. The third kappa shape index (κ3) is 8.23. The highest BCUT2D eigenvalue weighted by Gasteiger charge is 2.41. The number of alkyl halides is 5. The number of anilines is 1. The van der Waals surface area contributed by atoms with Crippen molar-refractivity contribution < 1.29 is 40.7 Å². The predicted octanol–water partition coefficient (Wildman–Crippen LogP) is 5.29. The molecule has 41 heavy (non-hydrogen) atoms. The van der Waals surface area contributed by atoms with E-state index in [2.05, 4.69) is 15.7 Å². The largest absolute Gasteiger partial charge is 0.406 e. The molecule has 1 aliphatic carbocycles. The number of hydrogen-bond donors (Lipinski definition) is 2. The Morgan fingerprint density at radius 3 is 2.32 bits per heavy atom. The molecular formula is C27H33F6N5O3. The number of carbonyl (C=O) groups excluding carboxylic acids is 3. The zero-order chi connectivity index (χ0) is 30.7. The summed E-state index contributed by atoms with van der Waals surface area (Å²) in [4.78, 5) is 39.3. The van der Waals surface area contributed by atoms with E-state index < -0.39 is 72.9 Å². The molecular weight excluding hydrogens is 556 g/mol. The summed E-state index contributed by atoms with van der Waals surface area (Å²) in [6, 6.07) is 3.37. The number of likely N-dealkylation sites (N-methyl/N-ethyl adjacent to an activating group) is 1. The Morgan fingerprint density at radius 1 is 1.12 bits per heavy atom. The fourth-order valence-corrected chi connectivity index (χ4v) is 4.85. The number of halogens is 6. The van der Waals surface area contributed by atoms with Crippen LogP contribution in [0.4, 0.5) is 32.0 Å². The van der Waals surface area contributed by atoms with Gasteiger partial charge in [-0.15, -0.1) is 0 Å². The van der Waals surface area contributed by atoms with Crippen LogP contribution in [0.5, 0.6) is 0 Å². The average molecular weight is 590 g/mol. The van der Waals surface area contributed by atoms with Crippen molar-refractivity contribution in [1.29, 1.82) is 0 Å². The van der Waals surface area contributed by atoms with Gasteiger partial charge in [0.25, 0.3) is 5.91 Å². The van der Waals surface area contributed by atoms with Crippen LogP contribution in [0.15, 0.2) is 30.5 Å². The Morgan fingerprint density at radius 2 is 1.76 bits per heavy atom. The van der Waals surface area contributed by atoms with Crippen molar-refractivity contribution >= 4 is 23.4 Å². The molecule has 14 heteroatoms. The molecule has 1 aromatic carbocycles. The number of nitrogens with one attached hydrogen (secondary N) is 2. The van der Waals surface area contributed by atoms with E-state index in [-0.39, 0.29) is 35.8 Å². The van der Waals surface area contributed by atoms with Crippen molar-refractivity contribution in [3.05, 3.63) is 47.5 Å². The van der Waals surface area contributed by atoms with Crippen LogP contribution in [0.2, 0.25) is 0 Å². The van der Waals surface area contributed by atoms with Crippen molar-refractivity contribution in [3.8, 4) is 0 Å². The minimum absolute atomic E-state index is 0.0543. The summed E-state index contributed by atoms with van der Waals surface area (Å²) in [6.07, 6.45) is -4.24. The van der Waals surface area contributed by atoms with Gasteiger partial charge in [0, 0.05) is 32.1 Å². The Labute approximate surface area is 233 Å². The molecule has 0 saturated heterocycles. The van der Waals surface area contributed by atoms with Gasteiger partial charge < -0.3 is 15.5 Å². The van der Waals surface area contributed by atoms with E-state index in [1.54, 1.807) is 13.8 Å². The summed E-state index contributed by atoms with van der Waals surface area (Å²) >= 11 is 0. The lowest BCUT2D eigenvalue weighted by molar-refractivity contribution is -0.159. The van der Waals surface area contributed by atoms with E-state index in [9.17, 15) is 36.3 Å². The van der Waals surface area contributed by atoms with E-state index in [0.717, 1.165) is 19.2 Å². The first-order chi connectivity index (χ1) is 19.0. The van der Waals surface area contributed by atoms with Crippen LogP contribution in [-0.4, -0.2) is 64.1 Å². The summed E-state index contributed by atoms with van der Waals surface area (Å²) in [6.45, 7) is 3.46. The van der Waals surface area contributed by atoms with Crippen LogP contribution in [-0.2, 0) is 9.59 Å². The molecule has 1 heterocycles. The molecule has 0 radical (unpaired) electrons. The molecule has 0 spiro atoms. The normalized spacial score (nSPS) is 17.1. The molecule has 1 fully saturated rings. The minimum atomic E-state index is -4.60. The van der Waals surface area contributed by atoms with Crippen LogP contribution in [0.3, 0.4) is 0 Å². The highest BCUT2D eigenvalue weighted by atomic mass is 19.4. The Bertz CT molecular complexity index is 1250. The van der Waals surface area contributed by atoms with Gasteiger partial charge in [0.05, 0.1) is 11.6 Å². The van der Waals surface area contributed by atoms with Gasteiger partial charge in [0.15, 0.2) is 0 Å². The topological polar surface area (TPSA) is 96.3 Å². The lowest BCUT2D eigenvalue weighted by atomic mass is 9.81. The number of amides is 3. The number of nitrogens with zero attached hydrogens (tertiary/aromatic N) is 3. The van der Waals surface area contributed by atoms with Gasteiger partial charge in [0.1, 0.15) is 24.1 Å². The minimum Gasteiger partial charge on any atom is -0.339 e. The highest BCUT2D eigenvalue weighted by Crippen LogP contribution is 2.38. The van der Waals surface area contributed by atoms with E-state index in [0.29, 0.717) is 4.90 Å². The van der Waals surface area contributed by atoms with E-state index in [4.69, 9.17) is 0 Å². The Hall–Kier alpha value is -3.58. The van der Waals surface area contributed by atoms with Crippen molar-refractivity contribution in [1.82, 2.24) is 20.0 Å². The number of hydrogen-bond acceptors (Lipinski definition) is 4. The van der Waals surface area contributed by atoms with Gasteiger partial charge in [0.2, 0.25) is 17.7 Å². The fraction of sp³-hybridized carbons (Fsp3) is 0.556. The van der Waals surface area contributed by atoms with Gasteiger partial charge in [-0.3, -0.25) is 19.1 Å². The second-order valence-electron chi connectivity index (χ2n) is 10.7. The summed E-state index contributed by atoms with van der Waals surface area (Å²) in [5.74, 6) is -7.98. The SMILES string of the molecule is CC(C)n1nccc1C(=O)N[C@H](C(=O)Nc1ccc([C@H](C)C(=O)N(C)CC(F)(F)F)cc1F)C1CCC(F)(F)CC1. The molecule has 0 aliphatic heterocycles. The van der Waals surface area contributed by atoms with Gasteiger partial charge in [-0.05, 0) is 63.3 Å². The molecule has 1 aromatic heterocycles. The van der Waals surface area contributed by atoms with Gasteiger partial charge in [-0.1, -0.05) is 6.07 Å². The van der Waals surface area contributed by atoms with E-state index in [1.165, 1.54) is 29.9 Å². The predicted molar refractivity (Wildman–Crippen MR) is 138 cm³/mol. The van der Waals surface area contributed by atoms with Gasteiger partial charge in [-0.2, -0.15) is 18.3 Å². The van der Waals surface area contributed by atoms with Gasteiger partial charge in [-0.25, -0.2) is 13.2 Å². The smallest absolute Gasteiger partial charge is 0.339 e. The van der Waals surface area contributed by atoms with E-state index in [1.807, 2.05) is 0 Å². The molecule has 2 atom stereocenters. The molecule has 8 nitrogen and oxygen atoms in total. The zero-order valence-electron chi connectivity index (χ0n) is 23.1. The Kier molecular flexibility index (Phi) is 9.75. The highest BCUT2D eigenvalue weighted by molar-refractivity contribution is 6.00. The second kappa shape index (κ2) is 12.5. The van der Waals surface area contributed by atoms with E-state index >= 15 is 4.39 Å². The third-order valence-corrected chi connectivity index (χ3v) is 7.11. The van der Waals surface area contributed by atoms with Crippen molar-refractivity contribution in [3.63, 3.8) is 0 Å². The number of rotatable bonds is 9. The molecule has 226 valence electrons. The second-order valence-corrected chi connectivity index (χ2v) is 10.7. The molecule has 0 bridgehead atoms. The van der Waals surface area contributed by atoms with Crippen LogP contribution in [0.25, 0.3) is 0 Å². The molecule has 2 aromatic rings. The molecule has 3 amide bonds. The average Bonchev–Trinajstić information content (AvgIpc) is 3.37. The summed E-state index contributed by atoms with van der Waals surface area (Å²) in [5, 5.41) is 9.08. The maximum absolute atomic E-state index is 15.0. The van der Waals surface area contributed by atoms with Crippen molar-refractivity contribution in [2.45, 2.75) is 76.6 Å². The number of benzene rings is 1. The molecule has 1 saturated carbocycles. The number of aromatic nitrogens is 2. The zero-order valence-corrected chi connectivity index (χ0v) is 23.1. The Balaban J connectivity index is 1.79. The first-order valence-corrected chi connectivity index (χ1v) is 13.1. The summed E-state index contributed by atoms with van der Waals surface area (Å²) in [7, 11) is 0.987. The standard InChI is InChI=1S/C27H33F6N5O3/c1-15(2)38-21(9-12-34-38)23(39)36-22(17-7-10-26(29,30)11-8-17)24(40)35-20-6-5-18(13-19(20)28)16(3)25(41)37(4)14-27(31,32)33/h5-6,9,12-13,15-17,22H,7-8,10-11,14H2,1-4H3,(H,35,40)(H,36,39)/t16-,22-/m0/s1. The van der Waals surface area contributed by atoms with Crippen molar-refractivity contribution in [2.75, 3.05) is 18.9 Å². The first kappa shape index (κ1) is 31.9. The molecule has 0 unspecified atom stereocenters. The molecule has 1 aliphatic rings. The maximum atomic E-state index is 15.0. The van der Waals surface area contributed by atoms with Crippen LogP contribution in [0.1, 0.15) is 74.5 Å². The van der Waals surface area contributed by atoms with Crippen LogP contribution >= 0.6 is 0 Å². The van der Waals surface area contributed by atoms with Crippen molar-refractivity contribution in [2.24, 2.45) is 5.92 Å². The third-order valence-electron chi connectivity index (χ3n) is 7.11. The monoisotopic (exact) mass is 589 g/mol. The maximum Gasteiger partial charge on any atom is 0.406 e. The molecule has 3 rings (SSSR count). The fourth-order valence-electron chi connectivity index (χ4n) is 4.85. The van der Waals surface area contributed by atoms with Crippen LogP contribution in [0, 0.1) is 11.7 Å². The molecule has 2 N–H and O–H groups in total. The lowest BCUT2D eigenvalue weighted by Gasteiger charge is -2.33. The summed E-state index contributed by atoms with van der Waals surface area (Å²) in [5.41, 5.74) is -0.0703. The first-order valence-electron chi connectivity index (χ1n) is 13.1.